The van der Waals surface area contributed by atoms with E-state index in [-0.39, 0.29) is 11.9 Å². The van der Waals surface area contributed by atoms with E-state index in [1.165, 1.54) is 0 Å². The minimum Gasteiger partial charge on any atom is -0.366 e. The molecule has 0 saturated carbocycles. The van der Waals surface area contributed by atoms with E-state index in [1.807, 2.05) is 25.1 Å². The van der Waals surface area contributed by atoms with Crippen LogP contribution < -0.4 is 11.5 Å². The van der Waals surface area contributed by atoms with Crippen LogP contribution in [0.5, 0.6) is 0 Å². The Kier molecular flexibility index (Phi) is 4.65. The molecule has 1 aromatic carbocycles. The smallest absolute Gasteiger partial charge is 0.248 e. The van der Waals surface area contributed by atoms with Crippen LogP contribution in [0.25, 0.3) is 0 Å². The van der Waals surface area contributed by atoms with E-state index in [2.05, 4.69) is 0 Å². The molecule has 0 aliphatic rings. The normalized spacial score (nSPS) is 12.4. The summed E-state index contributed by atoms with van der Waals surface area (Å²) in [7, 11) is 0. The molecule has 0 bridgehead atoms. The van der Waals surface area contributed by atoms with Gasteiger partial charge in [0.05, 0.1) is 0 Å². The Hall–Kier alpha value is -1.00. The molecule has 0 spiro atoms. The van der Waals surface area contributed by atoms with Crippen LogP contribution in [0.15, 0.2) is 24.3 Å². The Labute approximate surface area is 94.2 Å². The van der Waals surface area contributed by atoms with Crippen LogP contribution in [0.3, 0.4) is 0 Å². The molecule has 1 unspecified atom stereocenters. The van der Waals surface area contributed by atoms with Crippen molar-refractivity contribution in [3.8, 4) is 0 Å². The van der Waals surface area contributed by atoms with Crippen LogP contribution in [0.2, 0.25) is 0 Å². The Morgan fingerprint density at radius 2 is 2.27 bits per heavy atom. The molecule has 1 amide bonds. The average Bonchev–Trinajstić information content (AvgIpc) is 2.17. The van der Waals surface area contributed by atoms with Gasteiger partial charge in [-0.3, -0.25) is 4.79 Å². The summed E-state index contributed by atoms with van der Waals surface area (Å²) >= 11 is 1.76. The maximum atomic E-state index is 10.9. The maximum Gasteiger partial charge on any atom is 0.248 e. The first-order valence-electron chi connectivity index (χ1n) is 4.81. The lowest BCUT2D eigenvalue weighted by Gasteiger charge is -2.05. The summed E-state index contributed by atoms with van der Waals surface area (Å²) < 4.78 is 0. The predicted molar refractivity (Wildman–Crippen MR) is 64.8 cm³/mol. The highest BCUT2D eigenvalue weighted by Gasteiger charge is 2.01. The van der Waals surface area contributed by atoms with Gasteiger partial charge < -0.3 is 11.5 Å². The fourth-order valence-corrected chi connectivity index (χ4v) is 2.08. The molecule has 15 heavy (non-hydrogen) atoms. The van der Waals surface area contributed by atoms with E-state index >= 15 is 0 Å². The number of carbonyl (C=O) groups is 1. The highest BCUT2D eigenvalue weighted by molar-refractivity contribution is 7.98. The van der Waals surface area contributed by atoms with Crippen molar-refractivity contribution in [2.24, 2.45) is 11.5 Å². The zero-order chi connectivity index (χ0) is 11.3. The second-order valence-electron chi connectivity index (χ2n) is 3.56. The van der Waals surface area contributed by atoms with Gasteiger partial charge in [-0.15, -0.1) is 0 Å². The predicted octanol–water partition coefficient (Wildman–Crippen LogP) is 1.37. The van der Waals surface area contributed by atoms with Gasteiger partial charge in [-0.1, -0.05) is 12.1 Å². The van der Waals surface area contributed by atoms with Gasteiger partial charge in [0.2, 0.25) is 5.91 Å². The molecule has 0 aliphatic heterocycles. The summed E-state index contributed by atoms with van der Waals surface area (Å²) in [4.78, 5) is 10.9. The fourth-order valence-electron chi connectivity index (χ4n) is 1.18. The van der Waals surface area contributed by atoms with Crippen molar-refractivity contribution >= 4 is 17.7 Å². The quantitative estimate of drug-likeness (QED) is 0.793. The van der Waals surface area contributed by atoms with Crippen molar-refractivity contribution in [3.63, 3.8) is 0 Å². The van der Waals surface area contributed by atoms with E-state index in [1.54, 1.807) is 17.8 Å². The first-order chi connectivity index (χ1) is 7.09. The second-order valence-corrected chi connectivity index (χ2v) is 4.59. The molecular weight excluding hydrogens is 208 g/mol. The lowest BCUT2D eigenvalue weighted by Crippen LogP contribution is -2.17. The van der Waals surface area contributed by atoms with Crippen molar-refractivity contribution in [1.29, 1.82) is 0 Å². The third-order valence-corrected chi connectivity index (χ3v) is 3.16. The minimum absolute atomic E-state index is 0.203. The molecule has 0 heterocycles. The zero-order valence-electron chi connectivity index (χ0n) is 8.77. The highest BCUT2D eigenvalue weighted by Crippen LogP contribution is 2.14. The van der Waals surface area contributed by atoms with Gasteiger partial charge in [0, 0.05) is 23.1 Å². The van der Waals surface area contributed by atoms with E-state index in [9.17, 15) is 4.79 Å². The zero-order valence-corrected chi connectivity index (χ0v) is 9.59. The molecule has 0 saturated heterocycles. The van der Waals surface area contributed by atoms with Crippen molar-refractivity contribution in [3.05, 3.63) is 35.4 Å². The summed E-state index contributed by atoms with van der Waals surface area (Å²) in [6, 6.07) is 7.59. The molecule has 4 heteroatoms. The van der Waals surface area contributed by atoms with Gasteiger partial charge in [-0.25, -0.2) is 0 Å². The number of nitrogens with two attached hydrogens (primary N) is 2. The summed E-state index contributed by atoms with van der Waals surface area (Å²) in [6.45, 7) is 1.98. The molecule has 0 aliphatic carbocycles. The molecule has 1 aromatic rings. The topological polar surface area (TPSA) is 69.1 Å². The van der Waals surface area contributed by atoms with Crippen LogP contribution in [0, 0.1) is 0 Å². The summed E-state index contributed by atoms with van der Waals surface area (Å²) in [6.07, 6.45) is 0. The second kappa shape index (κ2) is 5.78. The standard InChI is InChI=1S/C11H16N2OS/c1-8(12)6-15-7-9-3-2-4-10(5-9)11(13)14/h2-5,8H,6-7,12H2,1H3,(H2,13,14). The van der Waals surface area contributed by atoms with E-state index in [0.29, 0.717) is 5.56 Å². The molecule has 4 N–H and O–H groups in total. The highest BCUT2D eigenvalue weighted by atomic mass is 32.2. The number of rotatable bonds is 5. The molecule has 0 aromatic heterocycles. The Morgan fingerprint density at radius 1 is 1.53 bits per heavy atom. The molecule has 82 valence electrons. The van der Waals surface area contributed by atoms with Gasteiger partial charge in [-0.05, 0) is 24.6 Å². The SMILES string of the molecule is CC(N)CSCc1cccc(C(N)=O)c1. The molecule has 0 radical (unpaired) electrons. The van der Waals surface area contributed by atoms with E-state index in [4.69, 9.17) is 11.5 Å². The van der Waals surface area contributed by atoms with Gasteiger partial charge in [0.1, 0.15) is 0 Å². The third-order valence-electron chi connectivity index (χ3n) is 1.86. The van der Waals surface area contributed by atoms with Crippen LogP contribution in [-0.2, 0) is 5.75 Å². The summed E-state index contributed by atoms with van der Waals surface area (Å²) in [5.41, 5.74) is 12.5. The number of primary amides is 1. The molecule has 1 rings (SSSR count). The van der Waals surface area contributed by atoms with Crippen molar-refractivity contribution in [1.82, 2.24) is 0 Å². The molecule has 1 atom stereocenters. The first-order valence-corrected chi connectivity index (χ1v) is 5.97. The first kappa shape index (κ1) is 12.1. The lowest BCUT2D eigenvalue weighted by atomic mass is 10.1. The molecule has 0 fully saturated rings. The van der Waals surface area contributed by atoms with Gasteiger partial charge in [0.15, 0.2) is 0 Å². The van der Waals surface area contributed by atoms with Crippen LogP contribution in [0.1, 0.15) is 22.8 Å². The van der Waals surface area contributed by atoms with Gasteiger partial charge >= 0.3 is 0 Å². The fraction of sp³-hybridized carbons (Fsp3) is 0.364. The van der Waals surface area contributed by atoms with Crippen LogP contribution >= 0.6 is 11.8 Å². The summed E-state index contributed by atoms with van der Waals surface area (Å²) in [5, 5.41) is 0. The van der Waals surface area contributed by atoms with Crippen LogP contribution in [-0.4, -0.2) is 17.7 Å². The van der Waals surface area contributed by atoms with E-state index in [0.717, 1.165) is 17.1 Å². The maximum absolute atomic E-state index is 10.9. The van der Waals surface area contributed by atoms with Crippen LogP contribution in [0.4, 0.5) is 0 Å². The molecular formula is C11H16N2OS. The monoisotopic (exact) mass is 224 g/mol. The Balaban J connectivity index is 2.54. The average molecular weight is 224 g/mol. The third kappa shape index (κ3) is 4.36. The largest absolute Gasteiger partial charge is 0.366 e. The number of benzene rings is 1. The van der Waals surface area contributed by atoms with Crippen molar-refractivity contribution in [2.75, 3.05) is 5.75 Å². The van der Waals surface area contributed by atoms with Gasteiger partial charge in [-0.2, -0.15) is 11.8 Å². The van der Waals surface area contributed by atoms with Gasteiger partial charge in [0.25, 0.3) is 0 Å². The minimum atomic E-state index is -0.381. The summed E-state index contributed by atoms with van der Waals surface area (Å²) in [5.74, 6) is 1.40. The number of thioether (sulfide) groups is 1. The lowest BCUT2D eigenvalue weighted by molar-refractivity contribution is 0.1000. The number of hydrogen-bond donors (Lipinski definition) is 2. The van der Waals surface area contributed by atoms with Crippen molar-refractivity contribution in [2.45, 2.75) is 18.7 Å². The number of hydrogen-bond acceptors (Lipinski definition) is 3. The Morgan fingerprint density at radius 3 is 2.87 bits per heavy atom. The van der Waals surface area contributed by atoms with Crippen molar-refractivity contribution < 1.29 is 4.79 Å². The number of amides is 1. The number of carbonyl (C=O) groups excluding carboxylic acids is 1. The Bertz CT molecular complexity index is 339. The van der Waals surface area contributed by atoms with E-state index < -0.39 is 0 Å². The molecule has 3 nitrogen and oxygen atoms in total.